The van der Waals surface area contributed by atoms with Crippen LogP contribution in [0.25, 0.3) is 11.3 Å². The molecule has 0 bridgehead atoms. The molecule has 0 aliphatic heterocycles. The van der Waals surface area contributed by atoms with Crippen molar-refractivity contribution < 1.29 is 23.0 Å². The molecular formula is C24H17F2N3O3. The van der Waals surface area contributed by atoms with Crippen molar-refractivity contribution in [3.8, 4) is 28.6 Å². The number of anilines is 1. The highest BCUT2D eigenvalue weighted by Gasteiger charge is 2.10. The van der Waals surface area contributed by atoms with Crippen molar-refractivity contribution in [3.05, 3.63) is 96.1 Å². The van der Waals surface area contributed by atoms with E-state index in [1.54, 1.807) is 55.6 Å². The molecule has 0 unspecified atom stereocenters. The van der Waals surface area contributed by atoms with Gasteiger partial charge in [0.15, 0.2) is 11.5 Å². The normalized spacial score (nSPS) is 10.5. The third-order valence-corrected chi connectivity index (χ3v) is 4.49. The van der Waals surface area contributed by atoms with Crippen molar-refractivity contribution in [1.82, 2.24) is 10.2 Å². The lowest BCUT2D eigenvalue weighted by atomic mass is 10.1. The number of carbonyl (C=O) groups excluding carboxylic acids is 1. The molecule has 0 fully saturated rings. The molecule has 1 amide bonds. The molecular weight excluding hydrogens is 416 g/mol. The van der Waals surface area contributed by atoms with Crippen LogP contribution >= 0.6 is 0 Å². The van der Waals surface area contributed by atoms with Crippen LogP contribution < -0.4 is 14.8 Å². The summed E-state index contributed by atoms with van der Waals surface area (Å²) in [5, 5.41) is 10.7. The fourth-order valence-corrected chi connectivity index (χ4v) is 2.97. The Morgan fingerprint density at radius 3 is 2.16 bits per heavy atom. The Balaban J connectivity index is 1.45. The first-order valence-electron chi connectivity index (χ1n) is 9.54. The number of hydrogen-bond donors (Lipinski definition) is 1. The van der Waals surface area contributed by atoms with E-state index in [4.69, 9.17) is 9.47 Å². The van der Waals surface area contributed by atoms with E-state index in [1.807, 2.05) is 12.1 Å². The lowest BCUT2D eigenvalue weighted by molar-refractivity contribution is 0.102. The first-order chi connectivity index (χ1) is 15.5. The van der Waals surface area contributed by atoms with E-state index in [0.717, 1.165) is 23.8 Å². The second-order valence-electron chi connectivity index (χ2n) is 6.70. The predicted molar refractivity (Wildman–Crippen MR) is 115 cm³/mol. The molecule has 0 saturated heterocycles. The Morgan fingerprint density at radius 2 is 1.53 bits per heavy atom. The molecule has 0 aliphatic rings. The number of benzene rings is 3. The minimum absolute atomic E-state index is 0.0353. The van der Waals surface area contributed by atoms with Crippen molar-refractivity contribution in [2.24, 2.45) is 0 Å². The summed E-state index contributed by atoms with van der Waals surface area (Å²) in [6.45, 7) is 0. The standard InChI is InChI=1S/C24H17F2N3O3/c1-31-21-4-2-3-5-22(21)32-23-11-10-20(28-29-23)15-6-8-16(9-7-15)24(30)27-19-13-17(25)12-18(26)14-19/h2-14H,1H3,(H,27,30). The van der Waals surface area contributed by atoms with E-state index in [0.29, 0.717) is 28.6 Å². The van der Waals surface area contributed by atoms with Gasteiger partial charge in [0.1, 0.15) is 11.6 Å². The third-order valence-electron chi connectivity index (χ3n) is 4.49. The summed E-state index contributed by atoms with van der Waals surface area (Å²) in [5.74, 6) is -0.636. The summed E-state index contributed by atoms with van der Waals surface area (Å²) < 4.78 is 37.5. The highest BCUT2D eigenvalue weighted by Crippen LogP contribution is 2.30. The SMILES string of the molecule is COc1ccccc1Oc1ccc(-c2ccc(C(=O)Nc3cc(F)cc(F)c3)cc2)nn1. The first-order valence-corrected chi connectivity index (χ1v) is 9.54. The molecule has 4 aromatic rings. The van der Waals surface area contributed by atoms with Crippen LogP contribution in [-0.2, 0) is 0 Å². The highest BCUT2D eigenvalue weighted by molar-refractivity contribution is 6.04. The summed E-state index contributed by atoms with van der Waals surface area (Å²) in [5.41, 5.74) is 1.67. The number of rotatable bonds is 6. The summed E-state index contributed by atoms with van der Waals surface area (Å²) in [4.78, 5) is 12.3. The molecule has 1 heterocycles. The van der Waals surface area contributed by atoms with Gasteiger partial charge in [-0.3, -0.25) is 4.79 Å². The molecule has 160 valence electrons. The minimum Gasteiger partial charge on any atom is -0.493 e. The Hall–Kier alpha value is -4.33. The fraction of sp³-hybridized carbons (Fsp3) is 0.0417. The quantitative estimate of drug-likeness (QED) is 0.436. The largest absolute Gasteiger partial charge is 0.493 e. The van der Waals surface area contributed by atoms with E-state index >= 15 is 0 Å². The Labute approximate surface area is 182 Å². The maximum atomic E-state index is 13.3. The van der Waals surface area contributed by atoms with E-state index in [-0.39, 0.29) is 5.69 Å². The van der Waals surface area contributed by atoms with Crippen LogP contribution in [0.1, 0.15) is 10.4 Å². The maximum Gasteiger partial charge on any atom is 0.255 e. The van der Waals surface area contributed by atoms with Gasteiger partial charge in [0.2, 0.25) is 5.88 Å². The number of hydrogen-bond acceptors (Lipinski definition) is 5. The number of carbonyl (C=O) groups is 1. The Morgan fingerprint density at radius 1 is 0.844 bits per heavy atom. The van der Waals surface area contributed by atoms with Gasteiger partial charge < -0.3 is 14.8 Å². The molecule has 0 atom stereocenters. The second kappa shape index (κ2) is 9.22. The molecule has 1 aromatic heterocycles. The zero-order chi connectivity index (χ0) is 22.5. The maximum absolute atomic E-state index is 13.3. The number of para-hydroxylation sites is 2. The number of amides is 1. The van der Waals surface area contributed by atoms with E-state index < -0.39 is 17.5 Å². The van der Waals surface area contributed by atoms with Gasteiger partial charge in [-0.1, -0.05) is 24.3 Å². The van der Waals surface area contributed by atoms with Crippen molar-refractivity contribution in [3.63, 3.8) is 0 Å². The van der Waals surface area contributed by atoms with Gasteiger partial charge in [0, 0.05) is 28.9 Å². The topological polar surface area (TPSA) is 73.3 Å². The predicted octanol–water partition coefficient (Wildman–Crippen LogP) is 5.48. The molecule has 0 spiro atoms. The fourth-order valence-electron chi connectivity index (χ4n) is 2.97. The zero-order valence-corrected chi connectivity index (χ0v) is 16.9. The second-order valence-corrected chi connectivity index (χ2v) is 6.70. The lowest BCUT2D eigenvalue weighted by Crippen LogP contribution is -2.12. The van der Waals surface area contributed by atoms with Gasteiger partial charge in [-0.15, -0.1) is 10.2 Å². The average Bonchev–Trinajstić information content (AvgIpc) is 2.79. The molecule has 0 radical (unpaired) electrons. The van der Waals surface area contributed by atoms with Crippen molar-refractivity contribution in [2.75, 3.05) is 12.4 Å². The van der Waals surface area contributed by atoms with E-state index in [1.165, 1.54) is 0 Å². The van der Waals surface area contributed by atoms with Crippen molar-refractivity contribution in [2.45, 2.75) is 0 Å². The number of nitrogens with zero attached hydrogens (tertiary/aromatic N) is 2. The molecule has 4 rings (SSSR count). The first kappa shape index (κ1) is 20.9. The molecule has 6 nitrogen and oxygen atoms in total. The lowest BCUT2D eigenvalue weighted by Gasteiger charge is -2.09. The van der Waals surface area contributed by atoms with Gasteiger partial charge in [0.05, 0.1) is 12.8 Å². The zero-order valence-electron chi connectivity index (χ0n) is 16.9. The summed E-state index contributed by atoms with van der Waals surface area (Å²) in [6.07, 6.45) is 0. The van der Waals surface area contributed by atoms with Crippen LogP contribution in [0.4, 0.5) is 14.5 Å². The van der Waals surface area contributed by atoms with Crippen molar-refractivity contribution >= 4 is 11.6 Å². The molecule has 8 heteroatoms. The van der Waals surface area contributed by atoms with E-state index in [2.05, 4.69) is 15.5 Å². The third kappa shape index (κ3) is 4.86. The number of nitrogens with one attached hydrogen (secondary N) is 1. The molecule has 32 heavy (non-hydrogen) atoms. The molecule has 0 aliphatic carbocycles. The molecule has 0 saturated carbocycles. The van der Waals surface area contributed by atoms with Crippen LogP contribution in [0.2, 0.25) is 0 Å². The Kier molecular flexibility index (Phi) is 6.03. The van der Waals surface area contributed by atoms with Gasteiger partial charge in [-0.25, -0.2) is 8.78 Å². The number of methoxy groups -OCH3 is 1. The summed E-state index contributed by atoms with van der Waals surface area (Å²) >= 11 is 0. The van der Waals surface area contributed by atoms with Gasteiger partial charge in [0.25, 0.3) is 5.91 Å². The molecule has 3 aromatic carbocycles. The average molecular weight is 433 g/mol. The Bertz CT molecular complexity index is 1230. The number of halogens is 2. The molecule has 1 N–H and O–H groups in total. The summed E-state index contributed by atoms with van der Waals surface area (Å²) in [7, 11) is 1.55. The monoisotopic (exact) mass is 433 g/mol. The van der Waals surface area contributed by atoms with Crippen molar-refractivity contribution in [1.29, 1.82) is 0 Å². The number of aromatic nitrogens is 2. The van der Waals surface area contributed by atoms with Crippen LogP contribution in [0.3, 0.4) is 0 Å². The highest BCUT2D eigenvalue weighted by atomic mass is 19.1. The van der Waals surface area contributed by atoms with E-state index in [9.17, 15) is 13.6 Å². The van der Waals surface area contributed by atoms with Crippen LogP contribution in [0.5, 0.6) is 17.4 Å². The minimum atomic E-state index is -0.771. The summed E-state index contributed by atoms with van der Waals surface area (Å²) in [6, 6.07) is 20.0. The van der Waals surface area contributed by atoms with Crippen LogP contribution in [0, 0.1) is 11.6 Å². The van der Waals surface area contributed by atoms with Gasteiger partial charge >= 0.3 is 0 Å². The van der Waals surface area contributed by atoms with Gasteiger partial charge in [-0.05, 0) is 42.5 Å². The van der Waals surface area contributed by atoms with Crippen LogP contribution in [-0.4, -0.2) is 23.2 Å². The van der Waals surface area contributed by atoms with Crippen LogP contribution in [0.15, 0.2) is 78.9 Å². The smallest absolute Gasteiger partial charge is 0.255 e. The number of ether oxygens (including phenoxy) is 2. The van der Waals surface area contributed by atoms with Gasteiger partial charge in [-0.2, -0.15) is 0 Å².